The van der Waals surface area contributed by atoms with Crippen molar-refractivity contribution in [2.24, 2.45) is 0 Å². The normalized spacial score (nSPS) is 17.5. The average molecular weight is 297 g/mol. The number of aliphatic hydroxyl groups excluding tert-OH is 1. The first kappa shape index (κ1) is 15.6. The van der Waals surface area contributed by atoms with E-state index in [0.29, 0.717) is 18.4 Å². The Kier molecular flexibility index (Phi) is 4.41. The standard InChI is InChI=1S/C13H18BO7/c1-2-9(7-15)20-10-4-3-8-5-6-14(18,19)21-12(8)11(10)13(16)17/h3-4,9,15,18-19H,2,5-7H2,1H3,(H,16,17)/q-1. The van der Waals surface area contributed by atoms with Gasteiger partial charge in [0.25, 0.3) is 0 Å². The molecular weight excluding hydrogens is 279 g/mol. The number of carboxylic acids is 1. The minimum Gasteiger partial charge on any atom is -0.669 e. The maximum Gasteiger partial charge on any atom is 0.430 e. The number of aromatic carboxylic acids is 1. The molecule has 1 unspecified atom stereocenters. The van der Waals surface area contributed by atoms with Crippen LogP contribution in [0.2, 0.25) is 6.32 Å². The van der Waals surface area contributed by atoms with Gasteiger partial charge < -0.3 is 29.7 Å². The number of hydrogen-bond donors (Lipinski definition) is 4. The van der Waals surface area contributed by atoms with E-state index in [1.807, 2.05) is 0 Å². The predicted molar refractivity (Wildman–Crippen MR) is 74.5 cm³/mol. The van der Waals surface area contributed by atoms with Gasteiger partial charge in [-0.1, -0.05) is 19.3 Å². The van der Waals surface area contributed by atoms with E-state index in [-0.39, 0.29) is 30.0 Å². The fourth-order valence-electron chi connectivity index (χ4n) is 2.26. The van der Waals surface area contributed by atoms with Crippen LogP contribution in [-0.2, 0) is 6.42 Å². The van der Waals surface area contributed by atoms with Crippen molar-refractivity contribution in [1.82, 2.24) is 0 Å². The molecule has 1 aliphatic heterocycles. The second-order valence-corrected chi connectivity index (χ2v) is 5.08. The summed E-state index contributed by atoms with van der Waals surface area (Å²) >= 11 is 0. The molecule has 0 aliphatic carbocycles. The van der Waals surface area contributed by atoms with Crippen molar-refractivity contribution in [3.63, 3.8) is 0 Å². The first-order valence-electron chi connectivity index (χ1n) is 6.84. The lowest BCUT2D eigenvalue weighted by Gasteiger charge is -2.37. The molecule has 1 aromatic rings. The summed E-state index contributed by atoms with van der Waals surface area (Å²) < 4.78 is 10.5. The van der Waals surface area contributed by atoms with E-state index in [4.69, 9.17) is 14.5 Å². The Morgan fingerprint density at radius 3 is 2.76 bits per heavy atom. The third kappa shape index (κ3) is 3.29. The van der Waals surface area contributed by atoms with Crippen LogP contribution in [0.15, 0.2) is 12.1 Å². The quantitative estimate of drug-likeness (QED) is 0.581. The van der Waals surface area contributed by atoms with Crippen molar-refractivity contribution in [1.29, 1.82) is 0 Å². The molecule has 2 rings (SSSR count). The van der Waals surface area contributed by atoms with Crippen LogP contribution in [0.1, 0.15) is 29.3 Å². The number of hydrogen-bond acceptors (Lipinski definition) is 6. The fourth-order valence-corrected chi connectivity index (χ4v) is 2.26. The number of carboxylic acid groups (broad SMARTS) is 1. The smallest absolute Gasteiger partial charge is 0.430 e. The third-order valence-electron chi connectivity index (χ3n) is 3.46. The largest absolute Gasteiger partial charge is 0.669 e. The van der Waals surface area contributed by atoms with E-state index in [1.165, 1.54) is 6.07 Å². The molecular formula is C13H18BO7-. The van der Waals surface area contributed by atoms with Gasteiger partial charge in [0.2, 0.25) is 0 Å². The van der Waals surface area contributed by atoms with Gasteiger partial charge in [-0.2, -0.15) is 0 Å². The van der Waals surface area contributed by atoms with Gasteiger partial charge in [-0.15, -0.1) is 0 Å². The van der Waals surface area contributed by atoms with Crippen LogP contribution < -0.4 is 9.39 Å². The number of aryl methyl sites for hydroxylation is 1. The SMILES string of the molecule is CCC(CO)Oc1ccc2c(c1C(=O)O)O[B-](O)(O)CC2. The molecule has 0 amide bonds. The number of ether oxygens (including phenoxy) is 1. The van der Waals surface area contributed by atoms with Gasteiger partial charge >= 0.3 is 12.7 Å². The summed E-state index contributed by atoms with van der Waals surface area (Å²) in [6.45, 7) is -1.51. The van der Waals surface area contributed by atoms with Crippen LogP contribution >= 0.6 is 0 Å². The molecule has 0 saturated heterocycles. The van der Waals surface area contributed by atoms with Crippen molar-refractivity contribution in [2.45, 2.75) is 32.2 Å². The Labute approximate surface area is 121 Å². The Balaban J connectivity index is 2.46. The van der Waals surface area contributed by atoms with Crippen molar-refractivity contribution >= 4 is 12.7 Å². The van der Waals surface area contributed by atoms with Crippen LogP contribution in [-0.4, -0.2) is 45.7 Å². The molecule has 0 radical (unpaired) electrons. The molecule has 0 aromatic heterocycles. The van der Waals surface area contributed by atoms with E-state index in [2.05, 4.69) is 0 Å². The van der Waals surface area contributed by atoms with E-state index in [9.17, 15) is 19.9 Å². The summed E-state index contributed by atoms with van der Waals surface area (Å²) in [7, 11) is 0. The molecule has 8 heteroatoms. The highest BCUT2D eigenvalue weighted by molar-refractivity contribution is 6.59. The third-order valence-corrected chi connectivity index (χ3v) is 3.46. The minimum absolute atomic E-state index is 0.0144. The molecule has 1 aliphatic rings. The zero-order chi connectivity index (χ0) is 15.6. The minimum atomic E-state index is -3.06. The fraction of sp³-hybridized carbons (Fsp3) is 0.462. The van der Waals surface area contributed by atoms with Crippen LogP contribution in [0.4, 0.5) is 0 Å². The highest BCUT2D eigenvalue weighted by Gasteiger charge is 2.33. The Bertz CT molecular complexity index is 540. The zero-order valence-corrected chi connectivity index (χ0v) is 11.7. The first-order chi connectivity index (χ1) is 9.88. The summed E-state index contributed by atoms with van der Waals surface area (Å²) in [4.78, 5) is 11.5. The predicted octanol–water partition coefficient (Wildman–Crippen LogP) is 0.393. The summed E-state index contributed by atoms with van der Waals surface area (Å²) in [6, 6.07) is 3.13. The summed E-state index contributed by atoms with van der Waals surface area (Å²) in [5.74, 6) is -1.33. The van der Waals surface area contributed by atoms with Crippen LogP contribution in [0.5, 0.6) is 11.5 Å². The van der Waals surface area contributed by atoms with Gasteiger partial charge in [0.15, 0.2) is 0 Å². The zero-order valence-electron chi connectivity index (χ0n) is 11.7. The number of carbonyl (C=O) groups is 1. The van der Waals surface area contributed by atoms with Crippen LogP contribution in [0.3, 0.4) is 0 Å². The Morgan fingerprint density at radius 1 is 1.48 bits per heavy atom. The summed E-state index contributed by atoms with van der Waals surface area (Å²) in [5.41, 5.74) is 0.325. The molecule has 0 fully saturated rings. The van der Waals surface area contributed by atoms with Crippen molar-refractivity contribution < 1.29 is 34.4 Å². The lowest BCUT2D eigenvalue weighted by Crippen LogP contribution is -2.45. The molecule has 116 valence electrons. The van der Waals surface area contributed by atoms with E-state index in [1.54, 1.807) is 13.0 Å². The topological polar surface area (TPSA) is 116 Å². The number of benzene rings is 1. The molecule has 4 N–H and O–H groups in total. The second-order valence-electron chi connectivity index (χ2n) is 5.08. The van der Waals surface area contributed by atoms with Gasteiger partial charge in [-0.3, -0.25) is 0 Å². The van der Waals surface area contributed by atoms with Crippen LogP contribution in [0.25, 0.3) is 0 Å². The maximum atomic E-state index is 11.5. The van der Waals surface area contributed by atoms with Crippen molar-refractivity contribution in [3.05, 3.63) is 23.3 Å². The highest BCUT2D eigenvalue weighted by atomic mass is 16.6. The van der Waals surface area contributed by atoms with Gasteiger partial charge in [-0.25, -0.2) is 4.79 Å². The Hall–Kier alpha value is -1.77. The monoisotopic (exact) mass is 297 g/mol. The summed E-state index contributed by atoms with van der Waals surface area (Å²) in [6.07, 6.45) is 0.283. The van der Waals surface area contributed by atoms with Gasteiger partial charge in [0, 0.05) is 0 Å². The van der Waals surface area contributed by atoms with E-state index in [0.717, 1.165) is 0 Å². The van der Waals surface area contributed by atoms with Gasteiger partial charge in [0.1, 0.15) is 17.4 Å². The molecule has 1 aromatic carbocycles. The van der Waals surface area contributed by atoms with Gasteiger partial charge in [-0.05, 0) is 24.5 Å². The molecule has 1 heterocycles. The van der Waals surface area contributed by atoms with E-state index >= 15 is 0 Å². The van der Waals surface area contributed by atoms with Crippen molar-refractivity contribution in [2.75, 3.05) is 6.61 Å². The first-order valence-corrected chi connectivity index (χ1v) is 6.84. The molecule has 0 saturated carbocycles. The molecule has 0 bridgehead atoms. The molecule has 1 atom stereocenters. The van der Waals surface area contributed by atoms with Crippen LogP contribution in [0, 0.1) is 0 Å². The number of aliphatic hydroxyl groups is 1. The lowest BCUT2D eigenvalue weighted by molar-refractivity contribution is 0.0674. The Morgan fingerprint density at radius 2 is 2.19 bits per heavy atom. The maximum absolute atomic E-state index is 11.5. The lowest BCUT2D eigenvalue weighted by atomic mass is 9.70. The number of rotatable bonds is 5. The summed E-state index contributed by atoms with van der Waals surface area (Å²) in [5, 5.41) is 37.8. The molecule has 7 nitrogen and oxygen atoms in total. The molecule has 21 heavy (non-hydrogen) atoms. The molecule has 0 spiro atoms. The van der Waals surface area contributed by atoms with Crippen molar-refractivity contribution in [3.8, 4) is 11.5 Å². The highest BCUT2D eigenvalue weighted by Crippen LogP contribution is 2.38. The average Bonchev–Trinajstić information content (AvgIpc) is 2.42. The van der Waals surface area contributed by atoms with Gasteiger partial charge in [0.05, 0.1) is 12.4 Å². The number of fused-ring (bicyclic) bond motifs is 1. The van der Waals surface area contributed by atoms with E-state index < -0.39 is 18.8 Å². The second kappa shape index (κ2) is 5.93.